The van der Waals surface area contributed by atoms with Gasteiger partial charge in [0, 0.05) is 11.1 Å². The van der Waals surface area contributed by atoms with Crippen molar-refractivity contribution >= 4 is 5.91 Å². The van der Waals surface area contributed by atoms with Crippen molar-refractivity contribution in [3.8, 4) is 17.0 Å². The Labute approximate surface area is 167 Å². The zero-order chi connectivity index (χ0) is 19.8. The van der Waals surface area contributed by atoms with E-state index in [9.17, 15) is 4.79 Å². The highest BCUT2D eigenvalue weighted by Gasteiger charge is 2.42. The van der Waals surface area contributed by atoms with Crippen LogP contribution in [0.4, 0.5) is 0 Å². The van der Waals surface area contributed by atoms with Crippen LogP contribution < -0.4 is 4.74 Å². The molecule has 0 saturated heterocycles. The topological polar surface area (TPSA) is 71.4 Å². The quantitative estimate of drug-likeness (QED) is 0.552. The van der Waals surface area contributed by atoms with Gasteiger partial charge in [-0.3, -0.25) is 9.89 Å². The van der Waals surface area contributed by atoms with E-state index in [0.29, 0.717) is 12.2 Å². The van der Waals surface area contributed by atoms with E-state index >= 15 is 0 Å². The summed E-state index contributed by atoms with van der Waals surface area (Å²) in [7, 11) is 1.64. The molecule has 0 fully saturated rings. The third kappa shape index (κ3) is 2.89. The highest BCUT2D eigenvalue weighted by molar-refractivity contribution is 6.00. The van der Waals surface area contributed by atoms with Gasteiger partial charge in [-0.2, -0.15) is 5.10 Å². The lowest BCUT2D eigenvalue weighted by Crippen LogP contribution is -2.28. The molecule has 5 rings (SSSR count). The fraction of sp³-hybridized carbons (Fsp3) is 0.130. The van der Waals surface area contributed by atoms with Crippen molar-refractivity contribution < 1.29 is 13.9 Å². The minimum atomic E-state index is -0.275. The van der Waals surface area contributed by atoms with Crippen LogP contribution in [0.25, 0.3) is 11.3 Å². The number of H-pyrrole nitrogens is 1. The van der Waals surface area contributed by atoms with E-state index in [2.05, 4.69) is 10.2 Å². The number of rotatable bonds is 5. The second kappa shape index (κ2) is 6.98. The molecule has 3 heterocycles. The summed E-state index contributed by atoms with van der Waals surface area (Å²) in [6.07, 6.45) is 1.62. The van der Waals surface area contributed by atoms with Crippen molar-refractivity contribution in [3.05, 3.63) is 95.6 Å². The van der Waals surface area contributed by atoms with Gasteiger partial charge in [0.05, 0.1) is 31.7 Å². The van der Waals surface area contributed by atoms with Gasteiger partial charge in [0.25, 0.3) is 5.91 Å². The highest BCUT2D eigenvalue weighted by atomic mass is 16.5. The minimum Gasteiger partial charge on any atom is -0.497 e. The first-order valence-corrected chi connectivity index (χ1v) is 9.37. The number of fused-ring (bicyclic) bond motifs is 1. The van der Waals surface area contributed by atoms with Crippen molar-refractivity contribution in [2.24, 2.45) is 0 Å². The van der Waals surface area contributed by atoms with Gasteiger partial charge in [0.1, 0.15) is 17.2 Å². The van der Waals surface area contributed by atoms with E-state index < -0.39 is 0 Å². The highest BCUT2D eigenvalue weighted by Crippen LogP contribution is 2.43. The maximum atomic E-state index is 13.3. The molecule has 1 atom stereocenters. The number of nitrogens with one attached hydrogen (secondary N) is 1. The molecule has 29 heavy (non-hydrogen) atoms. The number of aromatic amines is 1. The number of hydrogen-bond acceptors (Lipinski definition) is 4. The lowest BCUT2D eigenvalue weighted by atomic mass is 9.96. The van der Waals surface area contributed by atoms with E-state index in [0.717, 1.165) is 33.9 Å². The van der Waals surface area contributed by atoms with Crippen molar-refractivity contribution in [1.29, 1.82) is 0 Å². The van der Waals surface area contributed by atoms with Gasteiger partial charge < -0.3 is 14.1 Å². The Hall–Kier alpha value is -3.80. The number of carbonyl (C=O) groups excluding carboxylic acids is 1. The zero-order valence-corrected chi connectivity index (χ0v) is 15.8. The van der Waals surface area contributed by atoms with Gasteiger partial charge in [0.2, 0.25) is 0 Å². The van der Waals surface area contributed by atoms with Crippen molar-refractivity contribution in [2.75, 3.05) is 7.11 Å². The molecule has 0 radical (unpaired) electrons. The Bertz CT molecular complexity index is 1130. The van der Waals surface area contributed by atoms with Crippen LogP contribution in [-0.4, -0.2) is 28.1 Å². The van der Waals surface area contributed by atoms with E-state index in [1.54, 1.807) is 13.4 Å². The summed E-state index contributed by atoms with van der Waals surface area (Å²) in [6.45, 7) is 0.374. The maximum absolute atomic E-state index is 13.3. The van der Waals surface area contributed by atoms with E-state index in [1.165, 1.54) is 0 Å². The van der Waals surface area contributed by atoms with Crippen molar-refractivity contribution in [3.63, 3.8) is 0 Å². The number of nitrogens with zero attached hydrogens (tertiary/aromatic N) is 2. The summed E-state index contributed by atoms with van der Waals surface area (Å²) < 4.78 is 10.8. The van der Waals surface area contributed by atoms with Crippen LogP contribution in [0.3, 0.4) is 0 Å². The standard InChI is InChI=1S/C23H19N3O3/c1-28-17-11-9-16(10-12-17)22-19-20(15-6-3-2-4-7-15)24-25-21(19)23(27)26(22)14-18-8-5-13-29-18/h2-13,22H,14H2,1H3,(H,24,25). The van der Waals surface area contributed by atoms with Gasteiger partial charge in [-0.15, -0.1) is 0 Å². The summed E-state index contributed by atoms with van der Waals surface area (Å²) in [5, 5.41) is 7.45. The van der Waals surface area contributed by atoms with Crippen LogP contribution in [0.2, 0.25) is 0 Å². The van der Waals surface area contributed by atoms with Crippen LogP contribution in [0.5, 0.6) is 5.75 Å². The Kier molecular flexibility index (Phi) is 4.17. The third-order valence-electron chi connectivity index (χ3n) is 5.25. The molecule has 4 aromatic rings. The lowest BCUT2D eigenvalue weighted by molar-refractivity contribution is 0.0717. The smallest absolute Gasteiger partial charge is 0.273 e. The van der Waals surface area contributed by atoms with E-state index in [-0.39, 0.29) is 11.9 Å². The number of methoxy groups -OCH3 is 1. The number of carbonyl (C=O) groups is 1. The molecule has 6 heteroatoms. The molecule has 1 aliphatic heterocycles. The molecule has 0 saturated carbocycles. The Morgan fingerprint density at radius 3 is 2.55 bits per heavy atom. The minimum absolute atomic E-state index is 0.0908. The molecular weight excluding hydrogens is 366 g/mol. The number of benzene rings is 2. The van der Waals surface area contributed by atoms with Gasteiger partial charge in [-0.05, 0) is 29.8 Å². The summed E-state index contributed by atoms with van der Waals surface area (Å²) in [6, 6.07) is 21.1. The largest absolute Gasteiger partial charge is 0.497 e. The van der Waals surface area contributed by atoms with Crippen LogP contribution >= 0.6 is 0 Å². The SMILES string of the molecule is COc1ccc(C2c3c(-c4ccccc4)n[nH]c3C(=O)N2Cc2ccco2)cc1. The summed E-state index contributed by atoms with van der Waals surface area (Å²) in [5.74, 6) is 1.41. The van der Waals surface area contributed by atoms with Crippen LogP contribution in [0, 0.1) is 0 Å². The van der Waals surface area contributed by atoms with Crippen LogP contribution in [-0.2, 0) is 6.54 Å². The van der Waals surface area contributed by atoms with Gasteiger partial charge in [-0.1, -0.05) is 42.5 Å². The molecule has 1 N–H and O–H groups in total. The molecule has 144 valence electrons. The average molecular weight is 385 g/mol. The molecule has 1 amide bonds. The predicted molar refractivity (Wildman–Crippen MR) is 107 cm³/mol. The van der Waals surface area contributed by atoms with E-state index in [4.69, 9.17) is 9.15 Å². The predicted octanol–water partition coefficient (Wildman–Crippen LogP) is 4.42. The van der Waals surface area contributed by atoms with Crippen LogP contribution in [0.1, 0.15) is 33.4 Å². The third-order valence-corrected chi connectivity index (χ3v) is 5.25. The van der Waals surface area contributed by atoms with Gasteiger partial charge in [-0.25, -0.2) is 0 Å². The number of ether oxygens (including phenoxy) is 1. The van der Waals surface area contributed by atoms with E-state index in [1.807, 2.05) is 71.6 Å². The second-order valence-corrected chi connectivity index (χ2v) is 6.92. The normalized spacial score (nSPS) is 15.6. The molecule has 1 unspecified atom stereocenters. The lowest BCUT2D eigenvalue weighted by Gasteiger charge is -2.25. The summed E-state index contributed by atoms with van der Waals surface area (Å²) >= 11 is 0. The Balaban J connectivity index is 1.65. The fourth-order valence-electron chi connectivity index (χ4n) is 3.88. The first-order valence-electron chi connectivity index (χ1n) is 9.37. The molecular formula is C23H19N3O3. The fourth-order valence-corrected chi connectivity index (χ4v) is 3.88. The average Bonchev–Trinajstić information content (AvgIpc) is 3.49. The van der Waals surface area contributed by atoms with Crippen molar-refractivity contribution in [1.82, 2.24) is 15.1 Å². The number of amides is 1. The number of furan rings is 1. The monoisotopic (exact) mass is 385 g/mol. The zero-order valence-electron chi connectivity index (χ0n) is 15.8. The Morgan fingerprint density at radius 2 is 1.86 bits per heavy atom. The molecule has 1 aliphatic rings. The Morgan fingerprint density at radius 1 is 1.07 bits per heavy atom. The van der Waals surface area contributed by atoms with Crippen molar-refractivity contribution in [2.45, 2.75) is 12.6 Å². The first kappa shape index (κ1) is 17.3. The molecule has 2 aromatic heterocycles. The molecule has 0 spiro atoms. The van der Waals surface area contributed by atoms with Gasteiger partial charge in [0.15, 0.2) is 0 Å². The molecule has 2 aromatic carbocycles. The van der Waals surface area contributed by atoms with Crippen LogP contribution in [0.15, 0.2) is 77.4 Å². The molecule has 0 bridgehead atoms. The summed E-state index contributed by atoms with van der Waals surface area (Å²) in [5.41, 5.74) is 4.16. The molecule has 6 nitrogen and oxygen atoms in total. The maximum Gasteiger partial charge on any atom is 0.273 e. The van der Waals surface area contributed by atoms with Gasteiger partial charge >= 0.3 is 0 Å². The second-order valence-electron chi connectivity index (χ2n) is 6.92. The summed E-state index contributed by atoms with van der Waals surface area (Å²) in [4.78, 5) is 15.1. The number of aromatic nitrogens is 2. The number of hydrogen-bond donors (Lipinski definition) is 1. The molecule has 0 aliphatic carbocycles. The first-order chi connectivity index (χ1) is 14.3.